The Bertz CT molecular complexity index is 463. The van der Waals surface area contributed by atoms with Crippen LogP contribution in [0.25, 0.3) is 0 Å². The van der Waals surface area contributed by atoms with E-state index in [4.69, 9.17) is 0 Å². The van der Waals surface area contributed by atoms with Crippen molar-refractivity contribution in [2.45, 2.75) is 6.42 Å². The van der Waals surface area contributed by atoms with Crippen molar-refractivity contribution in [3.05, 3.63) is 23.8 Å². The van der Waals surface area contributed by atoms with E-state index in [1.54, 1.807) is 12.1 Å². The SMILES string of the molecule is Br.CNCCc1ccc(O)c(NS(C)(=O)=O)c1. The largest absolute Gasteiger partial charge is 0.506 e. The molecule has 0 heterocycles. The molecule has 5 nitrogen and oxygen atoms in total. The average molecular weight is 325 g/mol. The number of phenolic OH excluding ortho intramolecular Hbond substituents is 1. The van der Waals surface area contributed by atoms with Crippen LogP contribution in [0.4, 0.5) is 5.69 Å². The van der Waals surface area contributed by atoms with E-state index in [-0.39, 0.29) is 28.4 Å². The number of rotatable bonds is 5. The first-order valence-electron chi connectivity index (χ1n) is 4.86. The maximum Gasteiger partial charge on any atom is 0.229 e. The van der Waals surface area contributed by atoms with Crippen LogP contribution in [-0.4, -0.2) is 33.4 Å². The third kappa shape index (κ3) is 5.90. The normalized spacial score (nSPS) is 10.7. The van der Waals surface area contributed by atoms with Gasteiger partial charge in [-0.3, -0.25) is 4.72 Å². The molecule has 0 unspecified atom stereocenters. The van der Waals surface area contributed by atoms with Gasteiger partial charge in [0.25, 0.3) is 0 Å². The van der Waals surface area contributed by atoms with E-state index in [1.165, 1.54) is 6.07 Å². The summed E-state index contributed by atoms with van der Waals surface area (Å²) >= 11 is 0. The molecule has 0 aliphatic heterocycles. The second-order valence-corrected chi connectivity index (χ2v) is 5.33. The maximum absolute atomic E-state index is 11.0. The summed E-state index contributed by atoms with van der Waals surface area (Å²) in [4.78, 5) is 0. The summed E-state index contributed by atoms with van der Waals surface area (Å²) in [5, 5.41) is 12.5. The molecule has 0 saturated carbocycles. The first-order valence-corrected chi connectivity index (χ1v) is 6.76. The minimum Gasteiger partial charge on any atom is -0.506 e. The highest BCUT2D eigenvalue weighted by molar-refractivity contribution is 8.93. The third-order valence-corrected chi connectivity index (χ3v) is 2.61. The van der Waals surface area contributed by atoms with Crippen molar-refractivity contribution in [1.82, 2.24) is 5.32 Å². The van der Waals surface area contributed by atoms with Gasteiger partial charge in [-0.2, -0.15) is 0 Å². The lowest BCUT2D eigenvalue weighted by Gasteiger charge is -2.08. The van der Waals surface area contributed by atoms with Gasteiger partial charge in [0.15, 0.2) is 0 Å². The first kappa shape index (κ1) is 16.2. The lowest BCUT2D eigenvalue weighted by atomic mass is 10.1. The number of phenols is 1. The van der Waals surface area contributed by atoms with E-state index in [1.807, 2.05) is 7.05 Å². The van der Waals surface area contributed by atoms with Gasteiger partial charge in [0.2, 0.25) is 10.0 Å². The van der Waals surface area contributed by atoms with E-state index in [9.17, 15) is 13.5 Å². The zero-order valence-corrected chi connectivity index (χ0v) is 12.3. The quantitative estimate of drug-likeness (QED) is 0.709. The summed E-state index contributed by atoms with van der Waals surface area (Å²) in [7, 11) is -1.52. The zero-order chi connectivity index (χ0) is 12.2. The molecule has 0 saturated heterocycles. The van der Waals surface area contributed by atoms with Crippen LogP contribution in [-0.2, 0) is 16.4 Å². The van der Waals surface area contributed by atoms with Gasteiger partial charge in [0.1, 0.15) is 5.75 Å². The Balaban J connectivity index is 0.00000256. The van der Waals surface area contributed by atoms with Gasteiger partial charge < -0.3 is 10.4 Å². The number of nitrogens with one attached hydrogen (secondary N) is 2. The van der Waals surface area contributed by atoms with Crippen LogP contribution in [0.15, 0.2) is 18.2 Å². The molecule has 3 N–H and O–H groups in total. The number of benzene rings is 1. The summed E-state index contributed by atoms with van der Waals surface area (Å²) < 4.78 is 24.4. The molecule has 0 atom stereocenters. The van der Waals surface area contributed by atoms with Crippen LogP contribution < -0.4 is 10.0 Å². The molecule has 0 fully saturated rings. The van der Waals surface area contributed by atoms with E-state index in [0.29, 0.717) is 0 Å². The number of hydrogen-bond acceptors (Lipinski definition) is 4. The van der Waals surface area contributed by atoms with Crippen LogP contribution in [0, 0.1) is 0 Å². The Morgan fingerprint density at radius 3 is 2.53 bits per heavy atom. The van der Waals surface area contributed by atoms with Gasteiger partial charge in [-0.1, -0.05) is 6.07 Å². The van der Waals surface area contributed by atoms with Crippen LogP contribution in [0.5, 0.6) is 5.75 Å². The minimum atomic E-state index is -3.36. The van der Waals surface area contributed by atoms with Gasteiger partial charge in [-0.05, 0) is 37.7 Å². The summed E-state index contributed by atoms with van der Waals surface area (Å²) in [6.07, 6.45) is 1.82. The standard InChI is InChI=1S/C10H16N2O3S.BrH/c1-11-6-5-8-3-4-10(13)9(7-8)12-16(2,14)15;/h3-4,7,11-13H,5-6H2,1-2H3;1H. The molecule has 0 spiro atoms. The summed E-state index contributed by atoms with van der Waals surface area (Å²) in [5.74, 6) is -0.0707. The Morgan fingerprint density at radius 1 is 1.35 bits per heavy atom. The Morgan fingerprint density at radius 2 is 2.00 bits per heavy atom. The fourth-order valence-corrected chi connectivity index (χ4v) is 1.85. The molecule has 98 valence electrons. The molecule has 0 aliphatic carbocycles. The van der Waals surface area contributed by atoms with Crippen molar-refractivity contribution in [2.24, 2.45) is 0 Å². The van der Waals surface area contributed by atoms with Gasteiger partial charge in [-0.25, -0.2) is 8.42 Å². The lowest BCUT2D eigenvalue weighted by Crippen LogP contribution is -2.12. The van der Waals surface area contributed by atoms with Crippen LogP contribution >= 0.6 is 17.0 Å². The molecule has 0 aliphatic rings. The third-order valence-electron chi connectivity index (χ3n) is 2.02. The van der Waals surface area contributed by atoms with Crippen molar-refractivity contribution in [1.29, 1.82) is 0 Å². The van der Waals surface area contributed by atoms with E-state index in [2.05, 4.69) is 10.0 Å². The van der Waals surface area contributed by atoms with E-state index < -0.39 is 10.0 Å². The predicted molar refractivity (Wildman–Crippen MR) is 74.5 cm³/mol. The number of sulfonamides is 1. The minimum absolute atomic E-state index is 0. The number of halogens is 1. The summed E-state index contributed by atoms with van der Waals surface area (Å²) in [6, 6.07) is 4.88. The van der Waals surface area contributed by atoms with Gasteiger partial charge in [0.05, 0.1) is 11.9 Å². The second kappa shape index (κ2) is 6.83. The number of likely N-dealkylation sites (N-methyl/N-ethyl adjacent to an activating group) is 1. The fraction of sp³-hybridized carbons (Fsp3) is 0.400. The Hall–Kier alpha value is -0.790. The monoisotopic (exact) mass is 324 g/mol. The molecular formula is C10H17BrN2O3S. The van der Waals surface area contributed by atoms with Crippen molar-refractivity contribution >= 4 is 32.7 Å². The number of hydrogen-bond donors (Lipinski definition) is 3. The molecule has 0 radical (unpaired) electrons. The molecule has 17 heavy (non-hydrogen) atoms. The molecule has 0 aromatic heterocycles. The van der Waals surface area contributed by atoms with Crippen LogP contribution in [0.3, 0.4) is 0 Å². The van der Waals surface area contributed by atoms with E-state index >= 15 is 0 Å². The van der Waals surface area contributed by atoms with Crippen LogP contribution in [0.2, 0.25) is 0 Å². The summed E-state index contributed by atoms with van der Waals surface area (Å²) in [6.45, 7) is 0.795. The molecule has 0 amide bonds. The van der Waals surface area contributed by atoms with E-state index in [0.717, 1.165) is 24.8 Å². The van der Waals surface area contributed by atoms with Crippen molar-refractivity contribution in [2.75, 3.05) is 24.6 Å². The average Bonchev–Trinajstić information content (AvgIpc) is 2.17. The molecule has 7 heteroatoms. The molecule has 1 aromatic rings. The highest BCUT2D eigenvalue weighted by atomic mass is 79.9. The Labute approximate surface area is 112 Å². The first-order chi connectivity index (χ1) is 7.42. The van der Waals surface area contributed by atoms with Gasteiger partial charge in [-0.15, -0.1) is 17.0 Å². The second-order valence-electron chi connectivity index (χ2n) is 3.58. The predicted octanol–water partition coefficient (Wildman–Crippen LogP) is 1.10. The molecule has 1 rings (SSSR count). The molecular weight excluding hydrogens is 308 g/mol. The fourth-order valence-electron chi connectivity index (χ4n) is 1.29. The highest BCUT2D eigenvalue weighted by Gasteiger charge is 2.07. The number of aromatic hydroxyl groups is 1. The van der Waals surface area contributed by atoms with Crippen molar-refractivity contribution < 1.29 is 13.5 Å². The van der Waals surface area contributed by atoms with Crippen molar-refractivity contribution in [3.8, 4) is 5.75 Å². The topological polar surface area (TPSA) is 78.4 Å². The van der Waals surface area contributed by atoms with Gasteiger partial charge in [0, 0.05) is 0 Å². The maximum atomic E-state index is 11.0. The van der Waals surface area contributed by atoms with Crippen LogP contribution in [0.1, 0.15) is 5.56 Å². The zero-order valence-electron chi connectivity index (χ0n) is 9.73. The molecule has 0 bridgehead atoms. The highest BCUT2D eigenvalue weighted by Crippen LogP contribution is 2.25. The summed E-state index contributed by atoms with van der Waals surface area (Å²) in [5.41, 5.74) is 1.18. The smallest absolute Gasteiger partial charge is 0.229 e. The van der Waals surface area contributed by atoms with Gasteiger partial charge >= 0.3 is 0 Å². The number of anilines is 1. The molecule has 1 aromatic carbocycles. The van der Waals surface area contributed by atoms with Crippen molar-refractivity contribution in [3.63, 3.8) is 0 Å². The lowest BCUT2D eigenvalue weighted by molar-refractivity contribution is 0.477. The Kier molecular flexibility index (Phi) is 6.51.